The maximum atomic E-state index is 13.0. The fraction of sp³-hybridized carbons (Fsp3) is 0.182. The average Bonchev–Trinajstić information content (AvgIpc) is 2.75. The summed E-state index contributed by atoms with van der Waals surface area (Å²) in [6, 6.07) is 14.9. The van der Waals surface area contributed by atoms with Gasteiger partial charge in [0.05, 0.1) is 12.1 Å². The molecule has 2 N–H and O–H groups in total. The number of halogens is 1. The Bertz CT molecular complexity index is 1230. The van der Waals surface area contributed by atoms with E-state index in [0.717, 1.165) is 10.1 Å². The SMILES string of the molecule is CC(C)n1cc(/C(N)=N/OC(=O)c2ccc(Cl)cc2)c(=O)n(Cc2ccccc2)c1=O. The van der Waals surface area contributed by atoms with E-state index in [0.29, 0.717) is 5.02 Å². The predicted molar refractivity (Wildman–Crippen MR) is 118 cm³/mol. The number of benzene rings is 2. The normalized spacial score (nSPS) is 11.5. The second kappa shape index (κ2) is 9.44. The van der Waals surface area contributed by atoms with Gasteiger partial charge in [-0.2, -0.15) is 0 Å². The van der Waals surface area contributed by atoms with Gasteiger partial charge < -0.3 is 10.6 Å². The summed E-state index contributed by atoms with van der Waals surface area (Å²) in [5.74, 6) is -1.08. The van der Waals surface area contributed by atoms with Crippen LogP contribution >= 0.6 is 11.6 Å². The summed E-state index contributed by atoms with van der Waals surface area (Å²) in [4.78, 5) is 42.9. The Morgan fingerprint density at radius 1 is 1.10 bits per heavy atom. The molecule has 0 saturated heterocycles. The molecular weight excluding hydrogens is 420 g/mol. The Morgan fingerprint density at radius 3 is 2.35 bits per heavy atom. The van der Waals surface area contributed by atoms with Crippen molar-refractivity contribution in [2.24, 2.45) is 10.9 Å². The molecule has 0 saturated carbocycles. The lowest BCUT2D eigenvalue weighted by molar-refractivity contribution is 0.0516. The summed E-state index contributed by atoms with van der Waals surface area (Å²) in [6.45, 7) is 3.67. The van der Waals surface area contributed by atoms with Gasteiger partial charge in [0.25, 0.3) is 5.56 Å². The molecule has 3 rings (SSSR count). The van der Waals surface area contributed by atoms with Gasteiger partial charge in [-0.3, -0.25) is 13.9 Å². The molecule has 0 bridgehead atoms. The van der Waals surface area contributed by atoms with Gasteiger partial charge in [-0.15, -0.1) is 0 Å². The number of carbonyl (C=O) groups excluding carboxylic acids is 1. The Hall–Kier alpha value is -3.65. The fourth-order valence-corrected chi connectivity index (χ4v) is 2.98. The first-order chi connectivity index (χ1) is 14.8. The van der Waals surface area contributed by atoms with Crippen LogP contribution < -0.4 is 17.0 Å². The van der Waals surface area contributed by atoms with E-state index in [9.17, 15) is 14.4 Å². The lowest BCUT2D eigenvalue weighted by atomic mass is 10.2. The van der Waals surface area contributed by atoms with Crippen LogP contribution in [0.2, 0.25) is 5.02 Å². The molecular formula is C22H21ClN4O4. The average molecular weight is 441 g/mol. The summed E-state index contributed by atoms with van der Waals surface area (Å²) in [5.41, 5.74) is 5.79. The summed E-state index contributed by atoms with van der Waals surface area (Å²) in [7, 11) is 0. The predicted octanol–water partition coefficient (Wildman–Crippen LogP) is 2.77. The molecule has 0 aliphatic rings. The Morgan fingerprint density at radius 2 is 1.74 bits per heavy atom. The molecule has 0 aliphatic carbocycles. The van der Waals surface area contributed by atoms with Crippen LogP contribution in [0.5, 0.6) is 0 Å². The van der Waals surface area contributed by atoms with Crippen LogP contribution in [0.15, 0.2) is 75.5 Å². The van der Waals surface area contributed by atoms with E-state index in [-0.39, 0.29) is 29.5 Å². The van der Waals surface area contributed by atoms with Crippen LogP contribution in [-0.4, -0.2) is 20.9 Å². The van der Waals surface area contributed by atoms with Gasteiger partial charge in [0, 0.05) is 17.3 Å². The number of aromatic nitrogens is 2. The maximum Gasteiger partial charge on any atom is 0.365 e. The fourth-order valence-electron chi connectivity index (χ4n) is 2.85. The topological polar surface area (TPSA) is 109 Å². The van der Waals surface area contributed by atoms with Crippen LogP contribution in [-0.2, 0) is 11.4 Å². The Kier molecular flexibility index (Phi) is 6.71. The van der Waals surface area contributed by atoms with E-state index in [1.165, 1.54) is 35.0 Å². The van der Waals surface area contributed by atoms with Crippen LogP contribution in [0.1, 0.15) is 41.4 Å². The lowest BCUT2D eigenvalue weighted by Gasteiger charge is -2.15. The molecule has 0 fully saturated rings. The molecule has 1 heterocycles. The minimum atomic E-state index is -0.763. The first kappa shape index (κ1) is 22.0. The van der Waals surface area contributed by atoms with Crippen molar-refractivity contribution in [2.75, 3.05) is 0 Å². The van der Waals surface area contributed by atoms with Crippen molar-refractivity contribution in [1.29, 1.82) is 0 Å². The van der Waals surface area contributed by atoms with Gasteiger partial charge in [0.15, 0.2) is 5.84 Å². The molecule has 9 heteroatoms. The number of rotatable bonds is 6. The third-order valence-corrected chi connectivity index (χ3v) is 4.77. The van der Waals surface area contributed by atoms with Crippen molar-refractivity contribution in [3.8, 4) is 0 Å². The quantitative estimate of drug-likeness (QED) is 0.274. The molecule has 8 nitrogen and oxygen atoms in total. The monoisotopic (exact) mass is 440 g/mol. The van der Waals surface area contributed by atoms with Crippen molar-refractivity contribution < 1.29 is 9.63 Å². The number of nitrogens with two attached hydrogens (primary N) is 1. The van der Waals surface area contributed by atoms with E-state index in [1.807, 2.05) is 30.3 Å². The molecule has 3 aromatic rings. The molecule has 2 aromatic carbocycles. The first-order valence-corrected chi connectivity index (χ1v) is 9.86. The minimum Gasteiger partial charge on any atom is -0.380 e. The van der Waals surface area contributed by atoms with Gasteiger partial charge >= 0.3 is 11.7 Å². The summed E-state index contributed by atoms with van der Waals surface area (Å²) >= 11 is 5.80. The summed E-state index contributed by atoms with van der Waals surface area (Å²) < 4.78 is 2.46. The van der Waals surface area contributed by atoms with Crippen LogP contribution in [0.4, 0.5) is 0 Å². The number of oxime groups is 1. The summed E-state index contributed by atoms with van der Waals surface area (Å²) in [6.07, 6.45) is 1.33. The van der Waals surface area contributed by atoms with Gasteiger partial charge in [0.2, 0.25) is 0 Å². The highest BCUT2D eigenvalue weighted by atomic mass is 35.5. The third-order valence-electron chi connectivity index (χ3n) is 4.52. The zero-order chi connectivity index (χ0) is 22.5. The van der Waals surface area contributed by atoms with Crippen molar-refractivity contribution >= 4 is 23.4 Å². The van der Waals surface area contributed by atoms with Crippen molar-refractivity contribution in [2.45, 2.75) is 26.4 Å². The molecule has 0 spiro atoms. The summed E-state index contributed by atoms with van der Waals surface area (Å²) in [5, 5.41) is 4.08. The van der Waals surface area contributed by atoms with Crippen molar-refractivity contribution in [1.82, 2.24) is 9.13 Å². The van der Waals surface area contributed by atoms with Gasteiger partial charge in [0.1, 0.15) is 5.56 Å². The number of nitrogens with zero attached hydrogens (tertiary/aromatic N) is 3. The molecule has 0 atom stereocenters. The molecule has 160 valence electrons. The molecule has 0 radical (unpaired) electrons. The molecule has 0 amide bonds. The Balaban J connectivity index is 1.98. The molecule has 0 aliphatic heterocycles. The van der Waals surface area contributed by atoms with Gasteiger partial charge in [-0.1, -0.05) is 47.1 Å². The molecule has 0 unspecified atom stereocenters. The zero-order valence-electron chi connectivity index (χ0n) is 17.0. The standard InChI is InChI=1S/C22H21ClN4O4/c1-14(2)26-13-18(19(24)25-31-21(29)16-8-10-17(23)11-9-16)20(28)27(22(26)30)12-15-6-4-3-5-7-15/h3-11,13-14H,12H2,1-2H3,(H2,24,25). The highest BCUT2D eigenvalue weighted by Gasteiger charge is 2.17. The maximum absolute atomic E-state index is 13.0. The van der Waals surface area contributed by atoms with E-state index in [2.05, 4.69) is 5.16 Å². The second-order valence-corrected chi connectivity index (χ2v) is 7.50. The smallest absolute Gasteiger partial charge is 0.365 e. The largest absolute Gasteiger partial charge is 0.380 e. The number of hydrogen-bond donors (Lipinski definition) is 1. The van der Waals surface area contributed by atoms with Crippen molar-refractivity contribution in [3.05, 3.63) is 103 Å². The Labute approximate surface area is 183 Å². The van der Waals surface area contributed by atoms with E-state index < -0.39 is 17.2 Å². The first-order valence-electron chi connectivity index (χ1n) is 9.48. The number of hydrogen-bond acceptors (Lipinski definition) is 5. The zero-order valence-corrected chi connectivity index (χ0v) is 17.7. The van der Waals surface area contributed by atoms with Crippen molar-refractivity contribution in [3.63, 3.8) is 0 Å². The third kappa shape index (κ3) is 5.10. The highest BCUT2D eigenvalue weighted by molar-refractivity contribution is 6.30. The van der Waals surface area contributed by atoms with Crippen LogP contribution in [0.3, 0.4) is 0 Å². The second-order valence-electron chi connectivity index (χ2n) is 7.07. The minimum absolute atomic E-state index is 0.0480. The molecule has 31 heavy (non-hydrogen) atoms. The van der Waals surface area contributed by atoms with Gasteiger partial charge in [-0.25, -0.2) is 9.59 Å². The number of carbonyl (C=O) groups is 1. The van der Waals surface area contributed by atoms with E-state index in [4.69, 9.17) is 22.2 Å². The number of amidine groups is 1. The van der Waals surface area contributed by atoms with Gasteiger partial charge in [-0.05, 0) is 43.7 Å². The van der Waals surface area contributed by atoms with E-state index in [1.54, 1.807) is 13.8 Å². The van der Waals surface area contributed by atoms with E-state index >= 15 is 0 Å². The molecule has 1 aromatic heterocycles. The van der Waals surface area contributed by atoms with Crippen LogP contribution in [0.25, 0.3) is 0 Å². The lowest BCUT2D eigenvalue weighted by Crippen LogP contribution is -2.44. The highest BCUT2D eigenvalue weighted by Crippen LogP contribution is 2.10. The van der Waals surface area contributed by atoms with Crippen LogP contribution in [0, 0.1) is 0 Å².